The number of nitrogens with zero attached hydrogens (tertiary/aromatic N) is 2. The second kappa shape index (κ2) is 8.66. The Balaban J connectivity index is 1.57. The molecule has 0 bridgehead atoms. The molecule has 4 N–H and O–H groups in total. The zero-order valence-corrected chi connectivity index (χ0v) is 15.6. The van der Waals surface area contributed by atoms with Gasteiger partial charge in [0.2, 0.25) is 5.91 Å². The van der Waals surface area contributed by atoms with Crippen LogP contribution in [0.25, 0.3) is 11.0 Å². The average molecular weight is 367 g/mol. The van der Waals surface area contributed by atoms with E-state index in [9.17, 15) is 4.79 Å². The zero-order valence-electron chi connectivity index (χ0n) is 15.6. The molecular formula is C20H25N5O2. The fraction of sp³-hybridized carbons (Fsp3) is 0.300. The molecule has 0 saturated heterocycles. The molecule has 3 rings (SSSR count). The number of fused-ring (bicyclic) bond motifs is 1. The summed E-state index contributed by atoms with van der Waals surface area (Å²) in [6, 6.07) is 10.8. The van der Waals surface area contributed by atoms with Gasteiger partial charge in [-0.25, -0.2) is 4.98 Å². The first-order valence-electron chi connectivity index (χ1n) is 8.90. The molecule has 0 fully saturated rings. The molecule has 3 aromatic rings. The van der Waals surface area contributed by atoms with Gasteiger partial charge in [0.05, 0.1) is 11.4 Å². The van der Waals surface area contributed by atoms with Crippen molar-refractivity contribution in [1.82, 2.24) is 20.2 Å². The van der Waals surface area contributed by atoms with E-state index in [1.54, 1.807) is 6.20 Å². The predicted octanol–water partition coefficient (Wildman–Crippen LogP) is 1.90. The highest BCUT2D eigenvalue weighted by atomic mass is 16.5. The summed E-state index contributed by atoms with van der Waals surface area (Å²) < 4.78 is 5.96. The summed E-state index contributed by atoms with van der Waals surface area (Å²) in [4.78, 5) is 21.4. The molecule has 1 unspecified atom stereocenters. The van der Waals surface area contributed by atoms with E-state index < -0.39 is 6.04 Å². The Kier molecular flexibility index (Phi) is 6.05. The van der Waals surface area contributed by atoms with E-state index in [2.05, 4.69) is 15.3 Å². The van der Waals surface area contributed by atoms with E-state index in [4.69, 9.17) is 10.5 Å². The Morgan fingerprint density at radius 3 is 2.78 bits per heavy atom. The van der Waals surface area contributed by atoms with Crippen LogP contribution < -0.4 is 15.8 Å². The van der Waals surface area contributed by atoms with E-state index in [0.29, 0.717) is 13.0 Å². The minimum atomic E-state index is -0.571. The molecule has 0 saturated carbocycles. The van der Waals surface area contributed by atoms with E-state index in [1.165, 1.54) is 0 Å². The minimum Gasteiger partial charge on any atom is -0.457 e. The number of hydrogen-bond donors (Lipinski definition) is 3. The zero-order chi connectivity index (χ0) is 19.2. The van der Waals surface area contributed by atoms with Gasteiger partial charge in [-0.1, -0.05) is 12.1 Å². The topological polar surface area (TPSA) is 96.3 Å². The van der Waals surface area contributed by atoms with Gasteiger partial charge in [-0.05, 0) is 50.3 Å². The molecule has 7 nitrogen and oxygen atoms in total. The standard InChI is InChI=1S/C20H25N5O2/c1-25(2)12-11-24-20(26)17(21)13-14-3-5-15(6-4-14)27-18-8-10-23-19-16(18)7-9-22-19/h3-10,17H,11-13,21H2,1-2H3,(H,22,23)(H,24,26). The molecule has 142 valence electrons. The van der Waals surface area contributed by atoms with Crippen molar-refractivity contribution < 1.29 is 9.53 Å². The molecule has 0 aliphatic rings. The summed E-state index contributed by atoms with van der Waals surface area (Å²) >= 11 is 0. The van der Waals surface area contributed by atoms with E-state index in [0.717, 1.165) is 34.6 Å². The number of carbonyl (C=O) groups is 1. The Hall–Kier alpha value is -2.90. The summed E-state index contributed by atoms with van der Waals surface area (Å²) in [6.45, 7) is 1.37. The molecule has 7 heteroatoms. The summed E-state index contributed by atoms with van der Waals surface area (Å²) in [5.41, 5.74) is 7.78. The predicted molar refractivity (Wildman–Crippen MR) is 106 cm³/mol. The van der Waals surface area contributed by atoms with Gasteiger partial charge in [0.15, 0.2) is 0 Å². The first kappa shape index (κ1) is 18.9. The SMILES string of the molecule is CN(C)CCNC(=O)C(N)Cc1ccc(Oc2ccnc3[nH]ccc23)cc1. The maximum atomic E-state index is 12.0. The summed E-state index contributed by atoms with van der Waals surface area (Å²) in [6.07, 6.45) is 4.01. The number of carbonyl (C=O) groups excluding carboxylic acids is 1. The van der Waals surface area contributed by atoms with E-state index in [1.807, 2.05) is 61.6 Å². The summed E-state index contributed by atoms with van der Waals surface area (Å²) in [7, 11) is 3.92. The molecule has 1 amide bonds. The lowest BCUT2D eigenvalue weighted by molar-refractivity contribution is -0.122. The van der Waals surface area contributed by atoms with Gasteiger partial charge < -0.3 is 25.7 Å². The molecular weight excluding hydrogens is 342 g/mol. The first-order chi connectivity index (χ1) is 13.0. The molecule has 1 atom stereocenters. The average Bonchev–Trinajstić information content (AvgIpc) is 3.12. The molecule has 2 heterocycles. The van der Waals surface area contributed by atoms with Gasteiger partial charge in [-0.2, -0.15) is 0 Å². The van der Waals surface area contributed by atoms with Crippen molar-refractivity contribution in [2.75, 3.05) is 27.2 Å². The smallest absolute Gasteiger partial charge is 0.237 e. The lowest BCUT2D eigenvalue weighted by Gasteiger charge is -2.14. The van der Waals surface area contributed by atoms with Crippen LogP contribution in [0.2, 0.25) is 0 Å². The number of benzene rings is 1. The highest BCUT2D eigenvalue weighted by Crippen LogP contribution is 2.28. The summed E-state index contributed by atoms with van der Waals surface area (Å²) in [5, 5.41) is 3.78. The Labute approximate surface area is 158 Å². The van der Waals surface area contributed by atoms with Crippen LogP contribution in [0.15, 0.2) is 48.8 Å². The number of nitrogens with two attached hydrogens (primary N) is 1. The monoisotopic (exact) mass is 367 g/mol. The van der Waals surface area contributed by atoms with Crippen molar-refractivity contribution >= 4 is 16.9 Å². The van der Waals surface area contributed by atoms with E-state index in [-0.39, 0.29) is 5.91 Å². The number of likely N-dealkylation sites (N-methyl/N-ethyl adjacent to an activating group) is 1. The Morgan fingerprint density at radius 2 is 2.04 bits per heavy atom. The fourth-order valence-electron chi connectivity index (χ4n) is 2.73. The number of aromatic amines is 1. The van der Waals surface area contributed by atoms with Crippen molar-refractivity contribution in [3.05, 3.63) is 54.4 Å². The largest absolute Gasteiger partial charge is 0.457 e. The van der Waals surface area contributed by atoms with Crippen molar-refractivity contribution in [3.63, 3.8) is 0 Å². The van der Waals surface area contributed by atoms with Crippen LogP contribution in [-0.2, 0) is 11.2 Å². The lowest BCUT2D eigenvalue weighted by Crippen LogP contribution is -2.44. The van der Waals surface area contributed by atoms with Gasteiger partial charge in [-0.3, -0.25) is 4.79 Å². The van der Waals surface area contributed by atoms with Crippen LogP contribution in [0.4, 0.5) is 0 Å². The van der Waals surface area contributed by atoms with E-state index >= 15 is 0 Å². The molecule has 0 spiro atoms. The first-order valence-corrected chi connectivity index (χ1v) is 8.90. The fourth-order valence-corrected chi connectivity index (χ4v) is 2.73. The molecule has 0 radical (unpaired) electrons. The number of aromatic nitrogens is 2. The lowest BCUT2D eigenvalue weighted by atomic mass is 10.1. The summed E-state index contributed by atoms with van der Waals surface area (Å²) in [5.74, 6) is 1.33. The van der Waals surface area contributed by atoms with Crippen molar-refractivity contribution in [2.45, 2.75) is 12.5 Å². The number of amides is 1. The van der Waals surface area contributed by atoms with Crippen LogP contribution in [0.1, 0.15) is 5.56 Å². The Morgan fingerprint density at radius 1 is 1.26 bits per heavy atom. The second-order valence-corrected chi connectivity index (χ2v) is 6.70. The molecule has 0 aliphatic carbocycles. The number of H-pyrrole nitrogens is 1. The number of ether oxygens (including phenoxy) is 1. The van der Waals surface area contributed by atoms with Crippen molar-refractivity contribution in [3.8, 4) is 11.5 Å². The van der Waals surface area contributed by atoms with Gasteiger partial charge >= 0.3 is 0 Å². The normalized spacial score (nSPS) is 12.3. The molecule has 27 heavy (non-hydrogen) atoms. The molecule has 0 aliphatic heterocycles. The number of hydrogen-bond acceptors (Lipinski definition) is 5. The van der Waals surface area contributed by atoms with Crippen LogP contribution in [-0.4, -0.2) is 54.0 Å². The van der Waals surface area contributed by atoms with Crippen molar-refractivity contribution in [1.29, 1.82) is 0 Å². The maximum Gasteiger partial charge on any atom is 0.237 e. The third kappa shape index (κ3) is 5.06. The minimum absolute atomic E-state index is 0.135. The van der Waals surface area contributed by atoms with Crippen LogP contribution >= 0.6 is 0 Å². The van der Waals surface area contributed by atoms with Gasteiger partial charge in [0.1, 0.15) is 17.1 Å². The second-order valence-electron chi connectivity index (χ2n) is 6.70. The van der Waals surface area contributed by atoms with Gasteiger partial charge in [0.25, 0.3) is 0 Å². The van der Waals surface area contributed by atoms with Crippen molar-refractivity contribution in [2.24, 2.45) is 5.73 Å². The number of nitrogens with one attached hydrogen (secondary N) is 2. The quantitative estimate of drug-likeness (QED) is 0.565. The molecule has 1 aromatic carbocycles. The Bertz CT molecular complexity index is 889. The van der Waals surface area contributed by atoms with Gasteiger partial charge in [-0.15, -0.1) is 0 Å². The van der Waals surface area contributed by atoms with Crippen LogP contribution in [0, 0.1) is 0 Å². The highest BCUT2D eigenvalue weighted by Gasteiger charge is 2.14. The third-order valence-corrected chi connectivity index (χ3v) is 4.22. The van der Waals surface area contributed by atoms with Crippen LogP contribution in [0.3, 0.4) is 0 Å². The maximum absolute atomic E-state index is 12.0. The number of rotatable bonds is 8. The number of pyridine rings is 1. The highest BCUT2D eigenvalue weighted by molar-refractivity contribution is 5.82. The van der Waals surface area contributed by atoms with Crippen LogP contribution in [0.5, 0.6) is 11.5 Å². The molecule has 2 aromatic heterocycles. The van der Waals surface area contributed by atoms with Gasteiger partial charge in [0, 0.05) is 25.5 Å². The third-order valence-electron chi connectivity index (χ3n) is 4.22.